The van der Waals surface area contributed by atoms with Crippen LogP contribution in [0.25, 0.3) is 22.1 Å². The molecule has 0 fully saturated rings. The quantitative estimate of drug-likeness (QED) is 0.498. The smallest absolute Gasteiger partial charge is 0.234 e. The zero-order chi connectivity index (χ0) is 18.1. The Morgan fingerprint density at radius 2 is 2.00 bits per heavy atom. The summed E-state index contributed by atoms with van der Waals surface area (Å²) >= 11 is 4.75. The number of hydrogen-bond donors (Lipinski definition) is 1. The lowest BCUT2D eigenvalue weighted by Gasteiger charge is -2.04. The third kappa shape index (κ3) is 3.30. The van der Waals surface area contributed by atoms with E-state index >= 15 is 0 Å². The van der Waals surface area contributed by atoms with E-state index in [0.717, 1.165) is 32.2 Å². The molecule has 1 amide bonds. The van der Waals surface area contributed by atoms with Gasteiger partial charge in [0.05, 0.1) is 11.3 Å². The number of fused-ring (bicyclic) bond motifs is 3. The molecule has 2 aromatic carbocycles. The van der Waals surface area contributed by atoms with Crippen molar-refractivity contribution >= 4 is 61.4 Å². The van der Waals surface area contributed by atoms with Gasteiger partial charge in [0.15, 0.2) is 5.65 Å². The number of amides is 1. The van der Waals surface area contributed by atoms with E-state index in [1.54, 1.807) is 0 Å². The Morgan fingerprint density at radius 3 is 2.81 bits per heavy atom. The Bertz CT molecular complexity index is 1110. The van der Waals surface area contributed by atoms with Gasteiger partial charge in [0.25, 0.3) is 0 Å². The van der Waals surface area contributed by atoms with E-state index in [4.69, 9.17) is 0 Å². The minimum atomic E-state index is -0.106. The fourth-order valence-corrected chi connectivity index (χ4v) is 3.67. The SMILES string of the molecule is Cn1c2ccc(Br)cc2c2nnc(SCC(=O)Nc3ccccc3)nc21. The molecular formula is C18H14BrN5OS. The molecule has 0 aliphatic heterocycles. The van der Waals surface area contributed by atoms with Crippen molar-refractivity contribution in [1.29, 1.82) is 0 Å². The van der Waals surface area contributed by atoms with Crippen LogP contribution in [0.15, 0.2) is 58.2 Å². The summed E-state index contributed by atoms with van der Waals surface area (Å²) in [6, 6.07) is 15.4. The zero-order valence-electron chi connectivity index (χ0n) is 13.8. The lowest BCUT2D eigenvalue weighted by molar-refractivity contribution is -0.113. The molecule has 6 nitrogen and oxygen atoms in total. The second-order valence-corrected chi connectivity index (χ2v) is 7.55. The van der Waals surface area contributed by atoms with Gasteiger partial charge in [-0.3, -0.25) is 4.79 Å². The van der Waals surface area contributed by atoms with E-state index in [1.165, 1.54) is 11.8 Å². The highest BCUT2D eigenvalue weighted by molar-refractivity contribution is 9.10. The molecule has 0 saturated heterocycles. The van der Waals surface area contributed by atoms with Gasteiger partial charge in [-0.25, -0.2) is 4.98 Å². The van der Waals surface area contributed by atoms with Crippen LogP contribution in [0.3, 0.4) is 0 Å². The van der Waals surface area contributed by atoms with Gasteiger partial charge in [-0.1, -0.05) is 45.9 Å². The standard InChI is InChI=1S/C18H14BrN5OS/c1-24-14-8-7-11(19)9-13(14)16-17(24)21-18(23-22-16)26-10-15(25)20-12-5-3-2-4-6-12/h2-9H,10H2,1H3,(H,20,25). The Hall–Kier alpha value is -2.45. The molecule has 0 radical (unpaired) electrons. The first kappa shape index (κ1) is 17.0. The molecule has 130 valence electrons. The Balaban J connectivity index is 1.55. The number of para-hydroxylation sites is 1. The molecule has 0 unspecified atom stereocenters. The molecule has 0 spiro atoms. The van der Waals surface area contributed by atoms with Crippen molar-refractivity contribution in [3.8, 4) is 0 Å². The third-order valence-electron chi connectivity index (χ3n) is 3.93. The fraction of sp³-hybridized carbons (Fsp3) is 0.111. The maximum atomic E-state index is 12.1. The van der Waals surface area contributed by atoms with Crippen molar-refractivity contribution in [3.05, 3.63) is 53.0 Å². The minimum absolute atomic E-state index is 0.106. The van der Waals surface area contributed by atoms with Gasteiger partial charge in [-0.15, -0.1) is 10.2 Å². The Kier molecular flexibility index (Phi) is 4.60. The fourth-order valence-electron chi connectivity index (χ4n) is 2.73. The highest BCUT2D eigenvalue weighted by Crippen LogP contribution is 2.28. The second-order valence-electron chi connectivity index (χ2n) is 5.69. The van der Waals surface area contributed by atoms with Gasteiger partial charge >= 0.3 is 0 Å². The zero-order valence-corrected chi connectivity index (χ0v) is 16.2. The topological polar surface area (TPSA) is 72.7 Å². The van der Waals surface area contributed by atoms with Crippen molar-refractivity contribution in [2.75, 3.05) is 11.1 Å². The number of hydrogen-bond acceptors (Lipinski definition) is 5. The number of nitrogens with zero attached hydrogens (tertiary/aromatic N) is 4. The van der Waals surface area contributed by atoms with Crippen molar-refractivity contribution in [2.45, 2.75) is 5.16 Å². The highest BCUT2D eigenvalue weighted by Gasteiger charge is 2.14. The summed E-state index contributed by atoms with van der Waals surface area (Å²) in [5.41, 5.74) is 3.31. The number of nitrogens with one attached hydrogen (secondary N) is 1. The van der Waals surface area contributed by atoms with Crippen LogP contribution in [0.2, 0.25) is 0 Å². The molecule has 26 heavy (non-hydrogen) atoms. The third-order valence-corrected chi connectivity index (χ3v) is 5.26. The summed E-state index contributed by atoms with van der Waals surface area (Å²) in [7, 11) is 1.95. The van der Waals surface area contributed by atoms with E-state index in [2.05, 4.69) is 36.4 Å². The van der Waals surface area contributed by atoms with E-state index in [0.29, 0.717) is 5.16 Å². The Labute approximate surface area is 162 Å². The average molecular weight is 428 g/mol. The number of aryl methyl sites for hydroxylation is 1. The van der Waals surface area contributed by atoms with Crippen LogP contribution in [0.4, 0.5) is 5.69 Å². The Morgan fingerprint density at radius 1 is 1.19 bits per heavy atom. The molecular weight excluding hydrogens is 414 g/mol. The maximum Gasteiger partial charge on any atom is 0.234 e. The predicted molar refractivity (Wildman–Crippen MR) is 107 cm³/mol. The maximum absolute atomic E-state index is 12.1. The summed E-state index contributed by atoms with van der Waals surface area (Å²) in [5, 5.41) is 12.8. The van der Waals surface area contributed by atoms with E-state index in [9.17, 15) is 4.79 Å². The van der Waals surface area contributed by atoms with Crippen molar-refractivity contribution in [3.63, 3.8) is 0 Å². The normalized spacial score (nSPS) is 11.2. The molecule has 4 rings (SSSR count). The summed E-state index contributed by atoms with van der Waals surface area (Å²) in [6.07, 6.45) is 0. The summed E-state index contributed by atoms with van der Waals surface area (Å²) in [6.45, 7) is 0. The molecule has 2 heterocycles. The van der Waals surface area contributed by atoms with Crippen molar-refractivity contribution in [2.24, 2.45) is 7.05 Å². The highest BCUT2D eigenvalue weighted by atomic mass is 79.9. The summed E-state index contributed by atoms with van der Waals surface area (Å²) in [5.74, 6) is 0.114. The van der Waals surface area contributed by atoms with Crippen molar-refractivity contribution < 1.29 is 4.79 Å². The van der Waals surface area contributed by atoms with Crippen molar-refractivity contribution in [1.82, 2.24) is 19.7 Å². The van der Waals surface area contributed by atoms with Crippen LogP contribution < -0.4 is 5.32 Å². The molecule has 0 bridgehead atoms. The van der Waals surface area contributed by atoms with Crippen LogP contribution >= 0.6 is 27.7 Å². The molecule has 1 N–H and O–H groups in total. The van der Waals surface area contributed by atoms with Crippen LogP contribution in [0, 0.1) is 0 Å². The van der Waals surface area contributed by atoms with Crippen LogP contribution in [-0.4, -0.2) is 31.4 Å². The van der Waals surface area contributed by atoms with Gasteiger partial charge < -0.3 is 9.88 Å². The first-order valence-corrected chi connectivity index (χ1v) is 9.66. The van der Waals surface area contributed by atoms with Gasteiger partial charge in [0.2, 0.25) is 11.1 Å². The molecule has 0 atom stereocenters. The number of thioether (sulfide) groups is 1. The average Bonchev–Trinajstić information content (AvgIpc) is 2.92. The van der Waals surface area contributed by atoms with Gasteiger partial charge in [-0.2, -0.15) is 0 Å². The lowest BCUT2D eigenvalue weighted by atomic mass is 10.2. The minimum Gasteiger partial charge on any atom is -0.327 e. The summed E-state index contributed by atoms with van der Waals surface area (Å²) < 4.78 is 2.97. The first-order valence-electron chi connectivity index (χ1n) is 7.88. The number of rotatable bonds is 4. The molecule has 8 heteroatoms. The number of carbonyl (C=O) groups excluding carboxylic acids is 1. The van der Waals surface area contributed by atoms with E-state index < -0.39 is 0 Å². The van der Waals surface area contributed by atoms with Gasteiger partial charge in [-0.05, 0) is 30.3 Å². The number of carbonyl (C=O) groups is 1. The van der Waals surface area contributed by atoms with E-state index in [-0.39, 0.29) is 11.7 Å². The number of halogens is 1. The van der Waals surface area contributed by atoms with Crippen LogP contribution in [-0.2, 0) is 11.8 Å². The largest absolute Gasteiger partial charge is 0.327 e. The second kappa shape index (κ2) is 7.05. The molecule has 4 aromatic rings. The number of anilines is 1. The first-order chi connectivity index (χ1) is 12.6. The monoisotopic (exact) mass is 427 g/mol. The molecule has 0 aliphatic rings. The number of benzene rings is 2. The van der Waals surface area contributed by atoms with E-state index in [1.807, 2.05) is 60.1 Å². The predicted octanol–water partition coefficient (Wildman–Crippen LogP) is 4.01. The number of aromatic nitrogens is 4. The van der Waals surface area contributed by atoms with Crippen LogP contribution in [0.1, 0.15) is 0 Å². The summed E-state index contributed by atoms with van der Waals surface area (Å²) in [4.78, 5) is 16.7. The lowest BCUT2D eigenvalue weighted by Crippen LogP contribution is -2.14. The van der Waals surface area contributed by atoms with Crippen LogP contribution in [0.5, 0.6) is 0 Å². The van der Waals surface area contributed by atoms with Gasteiger partial charge in [0.1, 0.15) is 5.52 Å². The molecule has 0 aliphatic carbocycles. The molecule has 0 saturated carbocycles. The van der Waals surface area contributed by atoms with Gasteiger partial charge in [0, 0.05) is 22.6 Å². The molecule has 2 aromatic heterocycles.